The molecule has 1 unspecified atom stereocenters. The Bertz CT molecular complexity index is 1460. The van der Waals surface area contributed by atoms with Crippen molar-refractivity contribution in [1.29, 1.82) is 5.26 Å². The Morgan fingerprint density at radius 2 is 1.91 bits per heavy atom. The molecule has 1 aromatic heterocycles. The molecule has 0 saturated heterocycles. The number of rotatable bonds is 6. The van der Waals surface area contributed by atoms with Crippen molar-refractivity contribution in [2.45, 2.75) is 31.5 Å². The minimum absolute atomic E-state index is 0.0755. The summed E-state index contributed by atoms with van der Waals surface area (Å²) in [4.78, 5) is 38.2. The molecular formula is C25H22N4O4. The number of nitrogens with two attached hydrogens (primary N) is 1. The number of hydrogen-bond donors (Lipinski definition) is 2. The van der Waals surface area contributed by atoms with Gasteiger partial charge in [0.05, 0.1) is 29.1 Å². The number of carbonyl (C=O) groups is 1. The van der Waals surface area contributed by atoms with Crippen LogP contribution in [0.5, 0.6) is 0 Å². The van der Waals surface area contributed by atoms with Crippen LogP contribution in [0.25, 0.3) is 10.9 Å². The van der Waals surface area contributed by atoms with Crippen LogP contribution in [-0.4, -0.2) is 25.7 Å². The van der Waals surface area contributed by atoms with E-state index in [4.69, 9.17) is 5.73 Å². The molecule has 0 spiro atoms. The Morgan fingerprint density at radius 3 is 2.61 bits per heavy atom. The van der Waals surface area contributed by atoms with Crippen molar-refractivity contribution in [2.75, 3.05) is 0 Å². The van der Waals surface area contributed by atoms with E-state index in [1.54, 1.807) is 0 Å². The Labute approximate surface area is 189 Å². The lowest BCUT2D eigenvalue weighted by molar-refractivity contribution is -0.115. The molecule has 8 nitrogen and oxygen atoms in total. The van der Waals surface area contributed by atoms with E-state index in [9.17, 15) is 24.8 Å². The van der Waals surface area contributed by atoms with Gasteiger partial charge in [0.15, 0.2) is 0 Å². The van der Waals surface area contributed by atoms with Gasteiger partial charge in [0.25, 0.3) is 5.56 Å². The molecule has 1 amide bonds. The molecule has 3 aromatic rings. The standard InChI is InChI=1S/C25H22N4O4/c26-15-18-8-9-20-21(13-18)29(16-25(33)11-4-7-19(14-25)22(27)30)24(32)28(23(20)31)12-10-17-5-2-1-3-6-17/h1-9,11,13,33H,10,12,14,16H2,(H2,27,30). The maximum Gasteiger partial charge on any atom is 0.331 e. The van der Waals surface area contributed by atoms with E-state index in [2.05, 4.69) is 0 Å². The second-order valence-corrected chi connectivity index (χ2v) is 8.10. The van der Waals surface area contributed by atoms with Gasteiger partial charge in [0.1, 0.15) is 5.60 Å². The highest BCUT2D eigenvalue weighted by molar-refractivity contribution is 5.92. The Kier molecular flexibility index (Phi) is 5.82. The first kappa shape index (κ1) is 22.0. The number of nitriles is 1. The second kappa shape index (κ2) is 8.73. The normalized spacial score (nSPS) is 17.5. The van der Waals surface area contributed by atoms with Crippen LogP contribution in [-0.2, 0) is 24.3 Å². The van der Waals surface area contributed by atoms with E-state index < -0.39 is 22.8 Å². The number of carbonyl (C=O) groups excluding carboxylic acids is 1. The minimum atomic E-state index is -1.57. The summed E-state index contributed by atoms with van der Waals surface area (Å²) in [6, 6.07) is 16.0. The zero-order valence-electron chi connectivity index (χ0n) is 17.8. The molecule has 1 heterocycles. The molecule has 0 aliphatic heterocycles. The van der Waals surface area contributed by atoms with Gasteiger partial charge in [-0.1, -0.05) is 48.6 Å². The molecule has 166 valence electrons. The third-order valence-corrected chi connectivity index (χ3v) is 5.77. The summed E-state index contributed by atoms with van der Waals surface area (Å²) >= 11 is 0. The average Bonchev–Trinajstić information content (AvgIpc) is 2.82. The molecule has 1 aliphatic carbocycles. The predicted molar refractivity (Wildman–Crippen MR) is 123 cm³/mol. The van der Waals surface area contributed by atoms with Crippen molar-refractivity contribution in [1.82, 2.24) is 9.13 Å². The van der Waals surface area contributed by atoms with E-state index in [0.717, 1.165) is 10.1 Å². The van der Waals surface area contributed by atoms with Crippen LogP contribution in [0.4, 0.5) is 0 Å². The summed E-state index contributed by atoms with van der Waals surface area (Å²) in [5.41, 5.74) is 4.47. The maximum atomic E-state index is 13.5. The van der Waals surface area contributed by atoms with Crippen molar-refractivity contribution >= 4 is 16.8 Å². The Morgan fingerprint density at radius 1 is 1.15 bits per heavy atom. The Hall–Kier alpha value is -4.22. The SMILES string of the molecule is N#Cc1ccc2c(=O)n(CCc3ccccc3)c(=O)n(CC3(O)C=CC=C(C(N)=O)C3)c2c1. The van der Waals surface area contributed by atoms with Crippen LogP contribution in [0.1, 0.15) is 17.5 Å². The van der Waals surface area contributed by atoms with Crippen LogP contribution in [0.3, 0.4) is 0 Å². The van der Waals surface area contributed by atoms with E-state index in [1.807, 2.05) is 36.4 Å². The van der Waals surface area contributed by atoms with Crippen LogP contribution >= 0.6 is 0 Å². The zero-order chi connectivity index (χ0) is 23.6. The van der Waals surface area contributed by atoms with Crippen molar-refractivity contribution < 1.29 is 9.90 Å². The lowest BCUT2D eigenvalue weighted by Crippen LogP contribution is -2.45. The maximum absolute atomic E-state index is 13.5. The number of allylic oxidation sites excluding steroid dienone is 2. The van der Waals surface area contributed by atoms with Crippen LogP contribution < -0.4 is 17.0 Å². The van der Waals surface area contributed by atoms with Gasteiger partial charge in [-0.2, -0.15) is 5.26 Å². The van der Waals surface area contributed by atoms with Gasteiger partial charge in [-0.25, -0.2) is 4.79 Å². The molecule has 0 saturated carbocycles. The van der Waals surface area contributed by atoms with Gasteiger partial charge in [-0.05, 0) is 30.2 Å². The summed E-state index contributed by atoms with van der Waals surface area (Å²) in [5, 5.41) is 20.8. The lowest BCUT2D eigenvalue weighted by atomic mass is 9.89. The van der Waals surface area contributed by atoms with Crippen LogP contribution in [0, 0.1) is 11.3 Å². The van der Waals surface area contributed by atoms with Crippen LogP contribution in [0.15, 0.2) is 81.9 Å². The monoisotopic (exact) mass is 442 g/mol. The first-order valence-electron chi connectivity index (χ1n) is 10.4. The largest absolute Gasteiger partial charge is 0.384 e. The predicted octanol–water partition coefficient (Wildman–Crippen LogP) is 1.38. The third kappa shape index (κ3) is 4.40. The quantitative estimate of drug-likeness (QED) is 0.595. The average molecular weight is 442 g/mol. The Balaban J connectivity index is 1.83. The molecule has 1 atom stereocenters. The fourth-order valence-electron chi connectivity index (χ4n) is 4.06. The number of amides is 1. The molecule has 0 fully saturated rings. The fraction of sp³-hybridized carbons (Fsp3) is 0.200. The first-order chi connectivity index (χ1) is 15.8. The number of primary amides is 1. The molecule has 0 radical (unpaired) electrons. The number of aliphatic hydroxyl groups is 1. The molecule has 1 aliphatic rings. The molecular weight excluding hydrogens is 420 g/mol. The summed E-state index contributed by atoms with van der Waals surface area (Å²) in [5.74, 6) is -0.658. The van der Waals surface area contributed by atoms with Gasteiger partial charge in [-0.3, -0.25) is 18.7 Å². The van der Waals surface area contributed by atoms with E-state index in [-0.39, 0.29) is 41.5 Å². The molecule has 2 aromatic carbocycles. The van der Waals surface area contributed by atoms with Gasteiger partial charge in [0.2, 0.25) is 5.91 Å². The zero-order valence-corrected chi connectivity index (χ0v) is 17.8. The van der Waals surface area contributed by atoms with Gasteiger partial charge in [0, 0.05) is 18.5 Å². The number of aryl methyl sites for hydroxylation is 1. The van der Waals surface area contributed by atoms with Crippen molar-refractivity contribution in [3.8, 4) is 6.07 Å². The second-order valence-electron chi connectivity index (χ2n) is 8.10. The van der Waals surface area contributed by atoms with Gasteiger partial charge >= 0.3 is 5.69 Å². The van der Waals surface area contributed by atoms with Crippen molar-refractivity contribution in [3.63, 3.8) is 0 Å². The molecule has 33 heavy (non-hydrogen) atoms. The van der Waals surface area contributed by atoms with E-state index in [0.29, 0.717) is 6.42 Å². The molecule has 8 heteroatoms. The van der Waals surface area contributed by atoms with Gasteiger partial charge in [-0.15, -0.1) is 0 Å². The third-order valence-electron chi connectivity index (χ3n) is 5.77. The van der Waals surface area contributed by atoms with Crippen LogP contribution in [0.2, 0.25) is 0 Å². The summed E-state index contributed by atoms with van der Waals surface area (Å²) < 4.78 is 2.43. The number of hydrogen-bond acceptors (Lipinski definition) is 5. The van der Waals surface area contributed by atoms with E-state index >= 15 is 0 Å². The fourth-order valence-corrected chi connectivity index (χ4v) is 4.06. The number of benzene rings is 2. The summed E-state index contributed by atoms with van der Waals surface area (Å²) in [7, 11) is 0. The smallest absolute Gasteiger partial charge is 0.331 e. The van der Waals surface area contributed by atoms with E-state index in [1.165, 1.54) is 41.0 Å². The molecule has 4 rings (SSSR count). The van der Waals surface area contributed by atoms with Gasteiger partial charge < -0.3 is 10.8 Å². The lowest BCUT2D eigenvalue weighted by Gasteiger charge is -2.29. The highest BCUT2D eigenvalue weighted by Gasteiger charge is 2.31. The summed E-state index contributed by atoms with van der Waals surface area (Å²) in [6.07, 6.45) is 4.92. The number of nitrogens with zero attached hydrogens (tertiary/aromatic N) is 3. The number of fused-ring (bicyclic) bond motifs is 1. The highest BCUT2D eigenvalue weighted by Crippen LogP contribution is 2.25. The minimum Gasteiger partial charge on any atom is -0.384 e. The first-order valence-corrected chi connectivity index (χ1v) is 10.4. The number of aromatic nitrogens is 2. The van der Waals surface area contributed by atoms with Crippen molar-refractivity contribution in [3.05, 3.63) is 104 Å². The summed E-state index contributed by atoms with van der Waals surface area (Å²) in [6.45, 7) is -0.0672. The molecule has 0 bridgehead atoms. The van der Waals surface area contributed by atoms with Crippen molar-refractivity contribution in [2.24, 2.45) is 5.73 Å². The highest BCUT2D eigenvalue weighted by atomic mass is 16.3. The molecule has 3 N–H and O–H groups in total. The topological polar surface area (TPSA) is 131 Å².